The van der Waals surface area contributed by atoms with Gasteiger partial charge in [-0.05, 0) is 84.7 Å². The third kappa shape index (κ3) is 12.1. The summed E-state index contributed by atoms with van der Waals surface area (Å²) in [6.07, 6.45) is 6.24. The molecule has 0 saturated heterocycles. The second-order valence-corrected chi connectivity index (χ2v) is 12.7. The van der Waals surface area contributed by atoms with E-state index in [1.165, 1.54) is 38.1 Å². The van der Waals surface area contributed by atoms with E-state index in [0.29, 0.717) is 0 Å². The summed E-state index contributed by atoms with van der Waals surface area (Å²) in [6.45, 7) is 2.76. The number of anilines is 2. The van der Waals surface area contributed by atoms with Gasteiger partial charge in [-0.1, -0.05) is 24.3 Å². The molecular formula is C30H20Li4N4O12S2. The Balaban J connectivity index is 0.00000650. The molecule has 0 saturated carbocycles. The number of carboxylic acids is 2. The van der Waals surface area contributed by atoms with Gasteiger partial charge in [-0.3, -0.25) is 20.4 Å². The van der Waals surface area contributed by atoms with Gasteiger partial charge in [0.05, 0.1) is 44.5 Å². The number of allylic oxidation sites excluding steroid dienone is 6. The zero-order valence-corrected chi connectivity index (χ0v) is 30.2. The van der Waals surface area contributed by atoms with Crippen molar-refractivity contribution in [2.45, 2.75) is 23.6 Å². The normalized spacial score (nSPS) is 15.8. The van der Waals surface area contributed by atoms with Gasteiger partial charge < -0.3 is 28.9 Å². The van der Waals surface area contributed by atoms with Crippen molar-refractivity contribution in [1.29, 1.82) is 0 Å². The van der Waals surface area contributed by atoms with Crippen LogP contribution in [0.5, 0.6) is 0 Å². The van der Waals surface area contributed by atoms with Gasteiger partial charge in [-0.2, -0.15) is 10.2 Å². The van der Waals surface area contributed by atoms with E-state index < -0.39 is 64.7 Å². The average Bonchev–Trinajstić information content (AvgIpc) is 2.99. The van der Waals surface area contributed by atoms with Crippen molar-refractivity contribution in [3.05, 3.63) is 94.1 Å². The van der Waals surface area contributed by atoms with E-state index in [4.69, 9.17) is 0 Å². The smallest absolute Gasteiger partial charge is 0.744 e. The van der Waals surface area contributed by atoms with Crippen LogP contribution in [0.15, 0.2) is 103 Å². The molecule has 0 unspecified atom stereocenters. The fourth-order valence-electron chi connectivity index (χ4n) is 4.37. The molecule has 2 aliphatic carbocycles. The summed E-state index contributed by atoms with van der Waals surface area (Å²) in [5.74, 6) is -4.78. The van der Waals surface area contributed by atoms with Gasteiger partial charge in [0.1, 0.15) is 20.2 Å². The van der Waals surface area contributed by atoms with E-state index in [1.54, 1.807) is 0 Å². The Kier molecular flexibility index (Phi) is 18.3. The quantitative estimate of drug-likeness (QED) is 0.0576. The molecule has 16 nitrogen and oxygen atoms in total. The SMILES string of the molecule is CC1=CC(=NNc2ccc(C=Cc3ccc(NN=C4C(C)=CC(=O)C=C4C(=O)[O-])cc3S(=O)(=O)[O-])c(S(=O)(=O)[O-])c2)C=C(C(=O)[O-])C1=O.[Li+].[Li+].[Li+].[Li+]. The van der Waals surface area contributed by atoms with Crippen LogP contribution in [-0.2, 0) is 39.4 Å². The zero-order chi connectivity index (χ0) is 35.6. The van der Waals surface area contributed by atoms with E-state index in [1.807, 2.05) is 0 Å². The third-order valence-corrected chi connectivity index (χ3v) is 8.38. The first-order valence-corrected chi connectivity index (χ1v) is 16.0. The topological polar surface area (TPSA) is 278 Å². The number of carboxylic acid groups (broad SMARTS) is 2. The zero-order valence-electron chi connectivity index (χ0n) is 28.5. The number of aliphatic carboxylic acids is 2. The van der Waals surface area contributed by atoms with E-state index >= 15 is 0 Å². The Labute approximate surface area is 345 Å². The second-order valence-electron chi connectivity index (χ2n) is 10.0. The Bertz CT molecular complexity index is 2260. The van der Waals surface area contributed by atoms with Gasteiger partial charge in [0.2, 0.25) is 0 Å². The molecular weight excluding hydrogens is 700 g/mol. The van der Waals surface area contributed by atoms with Gasteiger partial charge in [-0.15, -0.1) is 0 Å². The number of nitrogens with one attached hydrogen (secondary N) is 2. The maximum Gasteiger partial charge on any atom is 1.00 e. The first-order valence-electron chi connectivity index (χ1n) is 13.2. The number of Topliss-reactive ketones (excluding diaryl/α,β-unsaturated/α-hetero) is 1. The van der Waals surface area contributed by atoms with Crippen LogP contribution in [0.1, 0.15) is 25.0 Å². The Morgan fingerprint density at radius 1 is 0.654 bits per heavy atom. The fourth-order valence-corrected chi connectivity index (χ4v) is 5.76. The summed E-state index contributed by atoms with van der Waals surface area (Å²) in [4.78, 5) is 44.7. The summed E-state index contributed by atoms with van der Waals surface area (Å²) >= 11 is 0. The summed E-state index contributed by atoms with van der Waals surface area (Å²) in [5.41, 5.74) is 3.18. The van der Waals surface area contributed by atoms with Gasteiger partial charge in [0.25, 0.3) is 0 Å². The van der Waals surface area contributed by atoms with Gasteiger partial charge in [-0.25, -0.2) is 16.8 Å². The number of ketones is 2. The van der Waals surface area contributed by atoms with Gasteiger partial charge in [0, 0.05) is 11.1 Å². The molecule has 2 aromatic carbocycles. The minimum atomic E-state index is -5.16. The third-order valence-electron chi connectivity index (χ3n) is 6.59. The predicted octanol–water partition coefficient (Wildman–Crippen LogP) is -12.4. The van der Waals surface area contributed by atoms with Crippen LogP contribution >= 0.6 is 0 Å². The number of rotatable bonds is 10. The molecule has 2 N–H and O–H groups in total. The molecule has 0 aromatic heterocycles. The first kappa shape index (κ1) is 48.6. The molecule has 0 fully saturated rings. The minimum Gasteiger partial charge on any atom is -0.744 e. The number of hydrogen-bond donors (Lipinski definition) is 2. The average molecular weight is 720 g/mol. The van der Waals surface area contributed by atoms with Crippen molar-refractivity contribution in [3.8, 4) is 0 Å². The Morgan fingerprint density at radius 3 is 1.56 bits per heavy atom. The van der Waals surface area contributed by atoms with Gasteiger partial charge >= 0.3 is 75.4 Å². The molecule has 2 aromatic rings. The molecule has 0 atom stereocenters. The molecule has 0 heterocycles. The fraction of sp³-hybridized carbons (Fsp3) is 0.0667. The minimum absolute atomic E-state index is 0. The van der Waals surface area contributed by atoms with E-state index in [-0.39, 0.29) is 121 Å². The van der Waals surface area contributed by atoms with Crippen LogP contribution in [0.4, 0.5) is 11.4 Å². The summed E-state index contributed by atoms with van der Waals surface area (Å²) in [7, 11) is -10.3. The number of carbonyl (C=O) groups is 4. The standard InChI is InChI=1S/C30H24N4O12S2.4Li/c1-15-10-22(35)14-23(29(37)38)27(15)34-32-20-8-6-18(26(13-20)48(44,45)46)4-3-17-5-7-19(12-25(17)47(41,42)43)31-33-21-9-16(2)28(36)24(11-21)30(39)40;;;;/h3-14,31-32H,1-2H3,(H,37,38)(H,39,40)(H,41,42,43)(H,44,45,46);;;;/q;4*+1/p-4. The van der Waals surface area contributed by atoms with Crippen molar-refractivity contribution >= 4 is 78.7 Å². The number of hydrogen-bond acceptors (Lipinski definition) is 16. The Hall–Kier alpha value is -3.43. The van der Waals surface area contributed by atoms with Crippen molar-refractivity contribution in [2.24, 2.45) is 10.2 Å². The molecule has 2 aliphatic rings. The molecule has 4 rings (SSSR count). The van der Waals surface area contributed by atoms with E-state index in [2.05, 4.69) is 21.1 Å². The maximum atomic E-state index is 12.1. The molecule has 0 spiro atoms. The van der Waals surface area contributed by atoms with E-state index in [9.17, 15) is 55.3 Å². The van der Waals surface area contributed by atoms with Crippen molar-refractivity contribution in [2.75, 3.05) is 10.9 Å². The molecule has 248 valence electrons. The first-order chi connectivity index (χ1) is 22.3. The molecule has 0 amide bonds. The van der Waals surface area contributed by atoms with Crippen LogP contribution in [-0.4, -0.2) is 60.9 Å². The molecule has 0 bridgehead atoms. The molecule has 0 radical (unpaired) electrons. The number of benzene rings is 2. The monoisotopic (exact) mass is 720 g/mol. The number of nitrogens with zero attached hydrogens (tertiary/aromatic N) is 2. The van der Waals surface area contributed by atoms with Crippen LogP contribution < -0.4 is 96.5 Å². The summed E-state index contributed by atoms with van der Waals surface area (Å²) in [6, 6.07) is 6.66. The van der Waals surface area contributed by atoms with E-state index in [0.717, 1.165) is 48.6 Å². The van der Waals surface area contributed by atoms with Crippen molar-refractivity contribution < 1.29 is 131 Å². The maximum absolute atomic E-state index is 12.1. The van der Waals surface area contributed by atoms with Crippen LogP contribution in [0, 0.1) is 0 Å². The molecule has 0 aliphatic heterocycles. The predicted molar refractivity (Wildman–Crippen MR) is 164 cm³/mol. The van der Waals surface area contributed by atoms with Gasteiger partial charge in [0.15, 0.2) is 11.6 Å². The van der Waals surface area contributed by atoms with Crippen LogP contribution in [0.3, 0.4) is 0 Å². The number of hydrazone groups is 2. The van der Waals surface area contributed by atoms with Crippen molar-refractivity contribution in [1.82, 2.24) is 0 Å². The largest absolute Gasteiger partial charge is 1.00 e. The van der Waals surface area contributed by atoms with Crippen molar-refractivity contribution in [3.63, 3.8) is 0 Å². The Morgan fingerprint density at radius 2 is 1.12 bits per heavy atom. The second kappa shape index (κ2) is 19.6. The molecule has 52 heavy (non-hydrogen) atoms. The van der Waals surface area contributed by atoms with Crippen LogP contribution in [0.25, 0.3) is 12.2 Å². The summed E-state index contributed by atoms with van der Waals surface area (Å²) < 4.78 is 72.5. The number of carbonyl (C=O) groups excluding carboxylic acids is 4. The summed E-state index contributed by atoms with van der Waals surface area (Å²) in [5, 5.41) is 30.5. The molecule has 22 heteroatoms. The van der Waals surface area contributed by atoms with Crippen LogP contribution in [0.2, 0.25) is 0 Å².